The van der Waals surface area contributed by atoms with Crippen molar-refractivity contribution in [3.05, 3.63) is 105 Å². The van der Waals surface area contributed by atoms with Gasteiger partial charge in [0.1, 0.15) is 5.60 Å². The van der Waals surface area contributed by atoms with E-state index < -0.39 is 24.5 Å². The molecule has 0 radical (unpaired) electrons. The van der Waals surface area contributed by atoms with Gasteiger partial charge in [0, 0.05) is 33.4 Å². The monoisotopic (exact) mass is 644 g/mol. The smallest absolute Gasteiger partial charge is 0.184 e. The second-order valence-corrected chi connectivity index (χ2v) is 16.1. The lowest BCUT2D eigenvalue weighted by Crippen LogP contribution is -2.35. The molecule has 0 atom stereocenters. The van der Waals surface area contributed by atoms with E-state index in [9.17, 15) is 5.11 Å². The first-order valence-electron chi connectivity index (χ1n) is 16.9. The van der Waals surface area contributed by atoms with E-state index in [2.05, 4.69) is 98.7 Å². The van der Waals surface area contributed by atoms with Gasteiger partial charge in [-0.1, -0.05) is 98.7 Å². The molecule has 3 aromatic carbocycles. The quantitative estimate of drug-likeness (QED) is 0.273. The van der Waals surface area contributed by atoms with Crippen molar-refractivity contribution >= 4 is 0 Å². The largest absolute Gasteiger partial charge is 0.376 e. The molecule has 47 heavy (non-hydrogen) atoms. The molecule has 6 rings (SSSR count). The van der Waals surface area contributed by atoms with E-state index in [-0.39, 0.29) is 16.2 Å². The molecule has 0 aromatic heterocycles. The predicted octanol–water partition coefficient (Wildman–Crippen LogP) is 8.00. The number of hydrogen-bond donors (Lipinski definition) is 1. The summed E-state index contributed by atoms with van der Waals surface area (Å²) in [5.74, 6) is 0. The van der Waals surface area contributed by atoms with E-state index in [1.54, 1.807) is 0 Å². The maximum Gasteiger partial charge on any atom is 0.184 e. The molecule has 254 valence electrons. The predicted molar refractivity (Wildman–Crippen MR) is 181 cm³/mol. The Morgan fingerprint density at radius 1 is 0.426 bits per heavy atom. The van der Waals surface area contributed by atoms with Gasteiger partial charge < -0.3 is 33.5 Å². The summed E-state index contributed by atoms with van der Waals surface area (Å²) < 4.78 is 37.0. The van der Waals surface area contributed by atoms with Gasteiger partial charge >= 0.3 is 0 Å². The number of hydrogen-bond acceptors (Lipinski definition) is 7. The van der Waals surface area contributed by atoms with Crippen LogP contribution in [0.1, 0.15) is 131 Å². The Labute approximate surface area is 280 Å². The van der Waals surface area contributed by atoms with Crippen molar-refractivity contribution < 1.29 is 33.5 Å². The van der Waals surface area contributed by atoms with Gasteiger partial charge in [-0.3, -0.25) is 0 Å². The van der Waals surface area contributed by atoms with Crippen LogP contribution in [-0.2, 0) is 50.3 Å². The minimum atomic E-state index is -1.71. The number of aliphatic hydroxyl groups is 1. The fraction of sp³-hybridized carbons (Fsp3) is 0.550. The molecule has 3 aromatic rings. The summed E-state index contributed by atoms with van der Waals surface area (Å²) in [5, 5.41) is 13.9. The Kier molecular flexibility index (Phi) is 9.24. The van der Waals surface area contributed by atoms with Gasteiger partial charge in [0.25, 0.3) is 0 Å². The van der Waals surface area contributed by atoms with E-state index in [1.165, 1.54) is 0 Å². The molecule has 7 heteroatoms. The number of rotatable bonds is 6. The third-order valence-electron chi connectivity index (χ3n) is 9.55. The molecule has 3 fully saturated rings. The van der Waals surface area contributed by atoms with Crippen molar-refractivity contribution in [2.24, 2.45) is 0 Å². The third kappa shape index (κ3) is 6.69. The van der Waals surface area contributed by atoms with Gasteiger partial charge in [0.05, 0.1) is 39.6 Å². The Balaban J connectivity index is 1.71. The zero-order valence-electron chi connectivity index (χ0n) is 29.6. The first kappa shape index (κ1) is 34.3. The summed E-state index contributed by atoms with van der Waals surface area (Å²) in [6, 6.07) is 18.8. The fourth-order valence-corrected chi connectivity index (χ4v) is 6.71. The summed E-state index contributed by atoms with van der Waals surface area (Å²) in [6.07, 6.45) is -1.90. The summed E-state index contributed by atoms with van der Waals surface area (Å²) in [6.45, 7) is 22.5. The molecule has 7 nitrogen and oxygen atoms in total. The van der Waals surface area contributed by atoms with Gasteiger partial charge in [0.15, 0.2) is 18.9 Å². The molecule has 0 spiro atoms. The van der Waals surface area contributed by atoms with Crippen LogP contribution in [0.3, 0.4) is 0 Å². The van der Waals surface area contributed by atoms with Crippen LogP contribution in [0.5, 0.6) is 0 Å². The molecule has 3 aliphatic rings. The van der Waals surface area contributed by atoms with Crippen molar-refractivity contribution in [2.45, 2.75) is 103 Å². The molecular weight excluding hydrogens is 592 g/mol. The standard InChI is InChI=1S/C40H52O7/c1-37(2,3)25-10-13-31(28(22-25)34-42-16-17-43-34)40(41,32-14-11-26(38(4,5)6)23-29(32)35-44-18-19-45-35)33-15-12-27(39(7,8)9)24-30(33)36-46-20-21-47-36/h10-15,22-24,34-36,41H,16-21H2,1-9H3. The van der Waals surface area contributed by atoms with E-state index in [4.69, 9.17) is 28.4 Å². The molecule has 0 saturated carbocycles. The van der Waals surface area contributed by atoms with Crippen LogP contribution in [-0.4, -0.2) is 44.7 Å². The van der Waals surface area contributed by atoms with Crippen molar-refractivity contribution in [2.75, 3.05) is 39.6 Å². The Bertz CT molecular complexity index is 1380. The zero-order chi connectivity index (χ0) is 33.8. The zero-order valence-corrected chi connectivity index (χ0v) is 29.6. The lowest BCUT2D eigenvalue weighted by atomic mass is 9.71. The van der Waals surface area contributed by atoms with E-state index in [0.29, 0.717) is 56.3 Å². The molecular formula is C40H52O7. The van der Waals surface area contributed by atoms with Crippen molar-refractivity contribution in [3.8, 4) is 0 Å². The number of benzene rings is 3. The van der Waals surface area contributed by atoms with Crippen LogP contribution in [0.4, 0.5) is 0 Å². The molecule has 3 saturated heterocycles. The van der Waals surface area contributed by atoms with E-state index >= 15 is 0 Å². The molecule has 0 unspecified atom stereocenters. The highest BCUT2D eigenvalue weighted by molar-refractivity contribution is 5.58. The van der Waals surface area contributed by atoms with E-state index in [0.717, 1.165) is 33.4 Å². The maximum atomic E-state index is 13.9. The lowest BCUT2D eigenvalue weighted by molar-refractivity contribution is -0.0522. The molecule has 3 aliphatic heterocycles. The minimum absolute atomic E-state index is 0.139. The normalized spacial score (nSPS) is 19.3. The average molecular weight is 645 g/mol. The van der Waals surface area contributed by atoms with Crippen LogP contribution in [0.25, 0.3) is 0 Å². The molecule has 0 amide bonds. The summed E-state index contributed by atoms with van der Waals surface area (Å²) in [4.78, 5) is 0. The summed E-state index contributed by atoms with van der Waals surface area (Å²) in [5.41, 5.74) is 5.61. The first-order valence-corrected chi connectivity index (χ1v) is 16.9. The van der Waals surface area contributed by atoms with Crippen molar-refractivity contribution in [3.63, 3.8) is 0 Å². The van der Waals surface area contributed by atoms with Crippen LogP contribution >= 0.6 is 0 Å². The van der Waals surface area contributed by atoms with Crippen LogP contribution < -0.4 is 0 Å². The van der Waals surface area contributed by atoms with Crippen LogP contribution in [0.2, 0.25) is 0 Å². The average Bonchev–Trinajstić information content (AvgIpc) is 3.83. The SMILES string of the molecule is CC(C)(C)c1ccc(C(O)(c2ccc(C(C)(C)C)cc2C2OCCO2)c2ccc(C(C)(C)C)cc2C2OCCO2)c(C2OCCO2)c1. The van der Waals surface area contributed by atoms with Crippen molar-refractivity contribution in [1.29, 1.82) is 0 Å². The Morgan fingerprint density at radius 3 is 0.872 bits per heavy atom. The molecule has 1 N–H and O–H groups in total. The highest BCUT2D eigenvalue weighted by Gasteiger charge is 2.45. The lowest BCUT2D eigenvalue weighted by Gasteiger charge is -2.38. The molecule has 3 heterocycles. The molecule has 0 bridgehead atoms. The minimum Gasteiger partial charge on any atom is -0.376 e. The Morgan fingerprint density at radius 2 is 0.660 bits per heavy atom. The highest BCUT2D eigenvalue weighted by Crippen LogP contribution is 2.49. The second kappa shape index (κ2) is 12.7. The summed E-state index contributed by atoms with van der Waals surface area (Å²) in [7, 11) is 0. The van der Waals surface area contributed by atoms with Gasteiger partial charge in [-0.05, 0) is 51.1 Å². The first-order chi connectivity index (χ1) is 22.1. The van der Waals surface area contributed by atoms with Crippen LogP contribution in [0, 0.1) is 0 Å². The van der Waals surface area contributed by atoms with E-state index in [1.807, 2.05) is 18.2 Å². The van der Waals surface area contributed by atoms with Gasteiger partial charge in [-0.25, -0.2) is 0 Å². The maximum absolute atomic E-state index is 13.9. The Hall–Kier alpha value is -2.62. The van der Waals surface area contributed by atoms with Crippen LogP contribution in [0.15, 0.2) is 54.6 Å². The number of ether oxygens (including phenoxy) is 6. The fourth-order valence-electron chi connectivity index (χ4n) is 6.71. The molecule has 0 aliphatic carbocycles. The third-order valence-corrected chi connectivity index (χ3v) is 9.55. The van der Waals surface area contributed by atoms with Crippen molar-refractivity contribution in [1.82, 2.24) is 0 Å². The van der Waals surface area contributed by atoms with Gasteiger partial charge in [0.2, 0.25) is 0 Å². The highest BCUT2D eigenvalue weighted by atomic mass is 16.7. The summed E-state index contributed by atoms with van der Waals surface area (Å²) >= 11 is 0. The topological polar surface area (TPSA) is 75.6 Å². The van der Waals surface area contributed by atoms with Gasteiger partial charge in [-0.2, -0.15) is 0 Å². The second-order valence-electron chi connectivity index (χ2n) is 16.1. The van der Waals surface area contributed by atoms with Gasteiger partial charge in [-0.15, -0.1) is 0 Å².